The third kappa shape index (κ3) is 5.04. The van der Waals surface area contributed by atoms with Crippen LogP contribution in [0, 0.1) is 0 Å². The van der Waals surface area contributed by atoms with Crippen molar-refractivity contribution in [2.75, 3.05) is 0 Å². The highest BCUT2D eigenvalue weighted by Crippen LogP contribution is 2.48. The topological polar surface area (TPSA) is 66.8 Å². The van der Waals surface area contributed by atoms with E-state index in [1.807, 2.05) is 0 Å². The summed E-state index contributed by atoms with van der Waals surface area (Å²) in [7, 11) is -4.75. The number of hydrogen-bond acceptors (Lipinski definition) is 2. The van der Waals surface area contributed by atoms with Crippen LogP contribution in [0.3, 0.4) is 0 Å². The highest BCUT2D eigenvalue weighted by molar-refractivity contribution is 7.46. The van der Waals surface area contributed by atoms with Gasteiger partial charge >= 0.3 is 7.82 Å². The van der Waals surface area contributed by atoms with Crippen molar-refractivity contribution in [3.63, 3.8) is 0 Å². The molecule has 0 aliphatic carbocycles. The number of hydrogen-bond donors (Lipinski definition) is 2. The van der Waals surface area contributed by atoms with Crippen LogP contribution in [0.5, 0.6) is 0 Å². The average Bonchev–Trinajstić information content (AvgIpc) is 1.56. The Morgan fingerprint density at radius 3 is 2.00 bits per heavy atom. The molecule has 0 fully saturated rings. The number of phosphoric ester groups is 1. The summed E-state index contributed by atoms with van der Waals surface area (Å²) in [4.78, 5) is 16.4. The van der Waals surface area contributed by atoms with Crippen molar-refractivity contribution < 1.29 is 18.9 Å². The molecule has 0 aromatic heterocycles. The maximum Gasteiger partial charge on any atom is 0.472 e. The Bertz CT molecular complexity index is 209. The molecule has 0 spiro atoms. The first-order valence-corrected chi connectivity index (χ1v) is 4.80. The summed E-state index contributed by atoms with van der Waals surface area (Å²) in [6.07, 6.45) is 0. The third-order valence-electron chi connectivity index (χ3n) is 0.549. The molecule has 2 N–H and O–H groups in total. The van der Waals surface area contributed by atoms with E-state index in [-0.39, 0.29) is 0 Å². The fourth-order valence-corrected chi connectivity index (χ4v) is 1.24. The largest absolute Gasteiger partial charge is 0.472 e. The van der Waals surface area contributed by atoms with E-state index in [2.05, 4.69) is 11.1 Å². The molecule has 0 aliphatic rings. The Kier molecular flexibility index (Phi) is 3.86. The van der Waals surface area contributed by atoms with Crippen molar-refractivity contribution in [2.24, 2.45) is 0 Å². The number of rotatable bonds is 3. The molecule has 0 aromatic rings. The first-order chi connectivity index (χ1) is 4.65. The van der Waals surface area contributed by atoms with E-state index in [9.17, 15) is 4.57 Å². The Balaban J connectivity index is 4.37. The molecule has 0 heterocycles. The van der Waals surface area contributed by atoms with Crippen LogP contribution in [0.1, 0.15) is 0 Å². The minimum atomic E-state index is -4.75. The molecule has 0 aromatic carbocycles. The molecule has 0 unspecified atom stereocenters. The smallest absolute Gasteiger partial charge is 0.303 e. The van der Waals surface area contributed by atoms with Crippen molar-refractivity contribution in [1.29, 1.82) is 0 Å². The van der Waals surface area contributed by atoms with Crippen LogP contribution in [0.15, 0.2) is 11.6 Å². The van der Waals surface area contributed by atoms with Crippen LogP contribution in [0.2, 0.25) is 0 Å². The lowest BCUT2D eigenvalue weighted by Crippen LogP contribution is -2.15. The molecule has 0 bridgehead atoms. The first-order valence-electron chi connectivity index (χ1n) is 2.14. The van der Waals surface area contributed by atoms with Gasteiger partial charge in [0, 0.05) is 0 Å². The van der Waals surface area contributed by atoms with Gasteiger partial charge in [-0.15, -0.1) is 0 Å². The normalized spacial score (nSPS) is 13.2. The van der Waals surface area contributed by atoms with E-state index >= 15 is 0 Å². The van der Waals surface area contributed by atoms with Crippen molar-refractivity contribution in [1.82, 2.24) is 0 Å². The average molecular weight is 241 g/mol. The highest BCUT2D eigenvalue weighted by atomic mass is 35.5. The van der Waals surface area contributed by atoms with Gasteiger partial charge in [-0.05, 0) is 0 Å². The highest BCUT2D eigenvalue weighted by Gasteiger charge is 2.36. The SMILES string of the molecule is C=C(Cl)C(Cl)(Cl)OP(=O)(O)O. The summed E-state index contributed by atoms with van der Waals surface area (Å²) >= 11 is 15.5. The Labute approximate surface area is 77.9 Å². The summed E-state index contributed by atoms with van der Waals surface area (Å²) < 4.78 is 11.7. The lowest BCUT2D eigenvalue weighted by Gasteiger charge is -2.18. The van der Waals surface area contributed by atoms with E-state index in [0.717, 1.165) is 0 Å². The molecule has 0 radical (unpaired) electrons. The Hall–Kier alpha value is 0.720. The molecular formula is C3H4Cl3O4P. The van der Waals surface area contributed by atoms with Crippen LogP contribution in [-0.4, -0.2) is 14.3 Å². The van der Waals surface area contributed by atoms with Gasteiger partial charge < -0.3 is 9.79 Å². The van der Waals surface area contributed by atoms with Gasteiger partial charge in [0.15, 0.2) is 0 Å². The standard InChI is InChI=1S/C3H4Cl3O4P/c1-2(4)3(5,6)10-11(7,8)9/h1H2,(H2,7,8,9). The fraction of sp³-hybridized carbons (Fsp3) is 0.333. The maximum absolute atomic E-state index is 10.2. The van der Waals surface area contributed by atoms with Crippen LogP contribution in [0.25, 0.3) is 0 Å². The zero-order chi connectivity index (χ0) is 9.28. The molecule has 11 heavy (non-hydrogen) atoms. The zero-order valence-electron chi connectivity index (χ0n) is 5.00. The quantitative estimate of drug-likeness (QED) is 0.585. The first kappa shape index (κ1) is 11.7. The van der Waals surface area contributed by atoms with Gasteiger partial charge in [-0.3, -0.25) is 0 Å². The summed E-state index contributed by atoms with van der Waals surface area (Å²) in [5.74, 6) is 0. The Morgan fingerprint density at radius 1 is 1.55 bits per heavy atom. The van der Waals surface area contributed by atoms with Crippen molar-refractivity contribution >= 4 is 42.6 Å². The predicted octanol–water partition coefficient (Wildman–Crippen LogP) is 1.98. The second-order valence-electron chi connectivity index (χ2n) is 1.50. The van der Waals surface area contributed by atoms with E-state index < -0.39 is 17.4 Å². The molecule has 0 saturated heterocycles. The monoisotopic (exact) mass is 240 g/mol. The van der Waals surface area contributed by atoms with Crippen molar-refractivity contribution in [3.05, 3.63) is 11.6 Å². The lowest BCUT2D eigenvalue weighted by atomic mass is 10.7. The summed E-state index contributed by atoms with van der Waals surface area (Å²) in [6.45, 7) is 3.04. The minimum absolute atomic E-state index is 0.427. The van der Waals surface area contributed by atoms with Crippen molar-refractivity contribution in [2.45, 2.75) is 4.52 Å². The summed E-state index contributed by atoms with van der Waals surface area (Å²) in [6, 6.07) is 0. The molecule has 4 nitrogen and oxygen atoms in total. The second-order valence-corrected chi connectivity index (χ2v) is 4.38. The van der Waals surface area contributed by atoms with Crippen LogP contribution in [-0.2, 0) is 9.09 Å². The maximum atomic E-state index is 10.2. The van der Waals surface area contributed by atoms with Gasteiger partial charge in [0.05, 0.1) is 5.03 Å². The van der Waals surface area contributed by atoms with E-state index in [1.165, 1.54) is 0 Å². The van der Waals surface area contributed by atoms with Crippen LogP contribution in [0.4, 0.5) is 0 Å². The van der Waals surface area contributed by atoms with E-state index in [1.54, 1.807) is 0 Å². The van der Waals surface area contributed by atoms with Gasteiger partial charge in [-0.2, -0.15) is 0 Å². The van der Waals surface area contributed by atoms with Crippen molar-refractivity contribution in [3.8, 4) is 0 Å². The molecule has 0 atom stereocenters. The molecule has 0 rings (SSSR count). The number of alkyl halides is 2. The van der Waals surface area contributed by atoms with Gasteiger partial charge in [-0.1, -0.05) is 41.4 Å². The van der Waals surface area contributed by atoms with Crippen LogP contribution < -0.4 is 0 Å². The molecule has 8 heteroatoms. The summed E-state index contributed by atoms with van der Waals surface area (Å²) in [5.41, 5.74) is 0. The lowest BCUT2D eigenvalue weighted by molar-refractivity contribution is 0.179. The predicted molar refractivity (Wildman–Crippen MR) is 42.6 cm³/mol. The van der Waals surface area contributed by atoms with E-state index in [4.69, 9.17) is 44.6 Å². The third-order valence-corrected chi connectivity index (χ3v) is 2.35. The Morgan fingerprint density at radius 2 is 1.91 bits per heavy atom. The van der Waals surface area contributed by atoms with E-state index in [0.29, 0.717) is 0 Å². The van der Waals surface area contributed by atoms with Gasteiger partial charge in [0.2, 0.25) is 0 Å². The summed E-state index contributed by atoms with van der Waals surface area (Å²) in [5, 5.41) is -0.427. The second kappa shape index (κ2) is 3.62. The molecule has 0 amide bonds. The molecule has 0 saturated carbocycles. The van der Waals surface area contributed by atoms with Gasteiger partial charge in [0.1, 0.15) is 0 Å². The zero-order valence-corrected chi connectivity index (χ0v) is 8.16. The molecular weight excluding hydrogens is 237 g/mol. The number of phosphoric acid groups is 1. The van der Waals surface area contributed by atoms with Gasteiger partial charge in [0.25, 0.3) is 4.52 Å². The molecule has 0 aliphatic heterocycles. The van der Waals surface area contributed by atoms with Crippen LogP contribution >= 0.6 is 42.6 Å². The number of halogens is 3. The minimum Gasteiger partial charge on any atom is -0.303 e. The van der Waals surface area contributed by atoms with Gasteiger partial charge in [-0.25, -0.2) is 9.09 Å². The molecule has 66 valence electrons. The fourth-order valence-electron chi connectivity index (χ4n) is 0.199.